The van der Waals surface area contributed by atoms with E-state index in [1.165, 1.54) is 24.0 Å². The minimum Gasteiger partial charge on any atom is -0.490 e. The van der Waals surface area contributed by atoms with Gasteiger partial charge < -0.3 is 10.5 Å². The van der Waals surface area contributed by atoms with E-state index in [0.29, 0.717) is 0 Å². The molecule has 1 aliphatic carbocycles. The van der Waals surface area contributed by atoms with Gasteiger partial charge in [0.2, 0.25) is 0 Å². The van der Waals surface area contributed by atoms with Crippen LogP contribution in [0.25, 0.3) is 5.57 Å². The molecule has 2 nitrogen and oxygen atoms in total. The van der Waals surface area contributed by atoms with Gasteiger partial charge in [0.25, 0.3) is 0 Å². The second-order valence-electron chi connectivity index (χ2n) is 5.26. The molecule has 18 heavy (non-hydrogen) atoms. The Morgan fingerprint density at radius 2 is 2.00 bits per heavy atom. The maximum absolute atomic E-state index is 6.10. The maximum atomic E-state index is 6.10. The standard InChI is InChI=1S/C16H23NO/c1-12(2)18-16-10-6-5-9-15(16)13-7-3-4-8-14(17)11-13/h5-6,9-12,14H,3-4,7-8,17H2,1-2H3. The fraction of sp³-hybridized carbons (Fsp3) is 0.500. The van der Waals surface area contributed by atoms with Gasteiger partial charge in [0.1, 0.15) is 5.75 Å². The smallest absolute Gasteiger partial charge is 0.127 e. The van der Waals surface area contributed by atoms with Crippen molar-refractivity contribution >= 4 is 5.57 Å². The van der Waals surface area contributed by atoms with Gasteiger partial charge in [-0.1, -0.05) is 30.7 Å². The van der Waals surface area contributed by atoms with E-state index in [1.807, 2.05) is 12.1 Å². The number of ether oxygens (including phenoxy) is 1. The van der Waals surface area contributed by atoms with E-state index < -0.39 is 0 Å². The molecule has 0 bridgehead atoms. The van der Waals surface area contributed by atoms with Gasteiger partial charge in [-0.2, -0.15) is 0 Å². The summed E-state index contributed by atoms with van der Waals surface area (Å²) >= 11 is 0. The fourth-order valence-electron chi connectivity index (χ4n) is 2.43. The quantitative estimate of drug-likeness (QED) is 0.880. The number of nitrogens with two attached hydrogens (primary N) is 1. The minimum atomic E-state index is 0.189. The van der Waals surface area contributed by atoms with Crippen molar-refractivity contribution in [3.8, 4) is 5.75 Å². The van der Waals surface area contributed by atoms with Crippen LogP contribution in [0, 0.1) is 0 Å². The van der Waals surface area contributed by atoms with Crippen molar-refractivity contribution < 1.29 is 4.74 Å². The van der Waals surface area contributed by atoms with E-state index in [1.54, 1.807) is 0 Å². The second-order valence-corrected chi connectivity index (χ2v) is 5.26. The first-order valence-corrected chi connectivity index (χ1v) is 6.89. The van der Waals surface area contributed by atoms with Gasteiger partial charge in [-0.15, -0.1) is 0 Å². The molecule has 0 fully saturated rings. The molecule has 1 aliphatic rings. The molecule has 1 unspecified atom stereocenters. The molecule has 0 radical (unpaired) electrons. The van der Waals surface area contributed by atoms with Gasteiger partial charge in [-0.3, -0.25) is 0 Å². The molecule has 98 valence electrons. The Morgan fingerprint density at radius 3 is 2.78 bits per heavy atom. The third kappa shape index (κ3) is 3.36. The zero-order chi connectivity index (χ0) is 13.0. The third-order valence-electron chi connectivity index (χ3n) is 3.24. The Morgan fingerprint density at radius 1 is 1.22 bits per heavy atom. The van der Waals surface area contributed by atoms with E-state index in [0.717, 1.165) is 18.6 Å². The lowest BCUT2D eigenvalue weighted by Crippen LogP contribution is -2.15. The van der Waals surface area contributed by atoms with E-state index in [2.05, 4.69) is 32.1 Å². The lowest BCUT2D eigenvalue weighted by Gasteiger charge is -2.16. The van der Waals surface area contributed by atoms with Crippen LogP contribution in [0.5, 0.6) is 5.75 Å². The van der Waals surface area contributed by atoms with Crippen molar-refractivity contribution in [2.24, 2.45) is 5.73 Å². The molecule has 2 N–H and O–H groups in total. The number of rotatable bonds is 3. The van der Waals surface area contributed by atoms with Crippen LogP contribution in [0.4, 0.5) is 0 Å². The first-order valence-electron chi connectivity index (χ1n) is 6.89. The average molecular weight is 245 g/mol. The lowest BCUT2D eigenvalue weighted by atomic mass is 10.00. The van der Waals surface area contributed by atoms with E-state index in [-0.39, 0.29) is 12.1 Å². The number of hydrogen-bond acceptors (Lipinski definition) is 2. The molecule has 0 saturated heterocycles. The highest BCUT2D eigenvalue weighted by Crippen LogP contribution is 2.32. The van der Waals surface area contributed by atoms with E-state index in [4.69, 9.17) is 10.5 Å². The fourth-order valence-corrected chi connectivity index (χ4v) is 2.43. The Hall–Kier alpha value is -1.28. The summed E-state index contributed by atoms with van der Waals surface area (Å²) in [6.07, 6.45) is 7.05. The average Bonchev–Trinajstić information content (AvgIpc) is 2.54. The summed E-state index contributed by atoms with van der Waals surface area (Å²) in [7, 11) is 0. The zero-order valence-electron chi connectivity index (χ0n) is 11.4. The van der Waals surface area contributed by atoms with Crippen molar-refractivity contribution in [1.29, 1.82) is 0 Å². The van der Waals surface area contributed by atoms with Crippen LogP contribution in [-0.2, 0) is 0 Å². The van der Waals surface area contributed by atoms with Gasteiger partial charge in [-0.05, 0) is 44.7 Å². The predicted octanol–water partition coefficient (Wildman–Crippen LogP) is 3.76. The maximum Gasteiger partial charge on any atom is 0.127 e. The van der Waals surface area contributed by atoms with Crippen LogP contribution in [0.3, 0.4) is 0 Å². The van der Waals surface area contributed by atoms with Crippen molar-refractivity contribution in [2.45, 2.75) is 51.7 Å². The normalized spacial score (nSPS) is 20.4. The third-order valence-corrected chi connectivity index (χ3v) is 3.24. The molecule has 0 saturated carbocycles. The summed E-state index contributed by atoms with van der Waals surface area (Å²) in [4.78, 5) is 0. The molecule has 2 rings (SSSR count). The largest absolute Gasteiger partial charge is 0.490 e. The topological polar surface area (TPSA) is 35.2 Å². The molecule has 0 heterocycles. The van der Waals surface area contributed by atoms with E-state index in [9.17, 15) is 0 Å². The molecule has 2 heteroatoms. The van der Waals surface area contributed by atoms with Crippen LogP contribution in [0.15, 0.2) is 30.3 Å². The number of para-hydroxylation sites is 1. The molecule has 1 aromatic rings. The molecular formula is C16H23NO. The SMILES string of the molecule is CC(C)Oc1ccccc1C1=CC(N)CCCC1. The van der Waals surface area contributed by atoms with Crippen LogP contribution in [0.2, 0.25) is 0 Å². The summed E-state index contributed by atoms with van der Waals surface area (Å²) in [6.45, 7) is 4.12. The predicted molar refractivity (Wildman–Crippen MR) is 76.6 cm³/mol. The Balaban J connectivity index is 2.31. The minimum absolute atomic E-state index is 0.189. The summed E-state index contributed by atoms with van der Waals surface area (Å²) in [5, 5.41) is 0. The van der Waals surface area contributed by atoms with Crippen LogP contribution >= 0.6 is 0 Å². The summed E-state index contributed by atoms with van der Waals surface area (Å²) < 4.78 is 5.89. The van der Waals surface area contributed by atoms with Crippen molar-refractivity contribution in [3.63, 3.8) is 0 Å². The molecule has 0 spiro atoms. The number of allylic oxidation sites excluding steroid dienone is 1. The van der Waals surface area contributed by atoms with Crippen molar-refractivity contribution in [3.05, 3.63) is 35.9 Å². The van der Waals surface area contributed by atoms with Crippen LogP contribution in [0.1, 0.15) is 45.1 Å². The Labute approximate surface area is 110 Å². The zero-order valence-corrected chi connectivity index (χ0v) is 11.4. The highest BCUT2D eigenvalue weighted by molar-refractivity contribution is 5.71. The first-order chi connectivity index (χ1) is 8.66. The van der Waals surface area contributed by atoms with Gasteiger partial charge in [0.05, 0.1) is 6.10 Å². The monoisotopic (exact) mass is 245 g/mol. The Kier molecular flexibility index (Phi) is 4.43. The number of benzene rings is 1. The summed E-state index contributed by atoms with van der Waals surface area (Å²) in [5.41, 5.74) is 8.65. The molecule has 1 atom stereocenters. The molecule has 0 aliphatic heterocycles. The van der Waals surface area contributed by atoms with Crippen molar-refractivity contribution in [2.75, 3.05) is 0 Å². The molecule has 1 aromatic carbocycles. The second kappa shape index (κ2) is 6.05. The Bertz CT molecular complexity index is 423. The highest BCUT2D eigenvalue weighted by atomic mass is 16.5. The number of hydrogen-bond donors (Lipinski definition) is 1. The van der Waals surface area contributed by atoms with Crippen LogP contribution < -0.4 is 10.5 Å². The molecule has 0 aromatic heterocycles. The summed E-state index contributed by atoms with van der Waals surface area (Å²) in [5.74, 6) is 0.979. The van der Waals surface area contributed by atoms with Gasteiger partial charge in [0, 0.05) is 11.6 Å². The van der Waals surface area contributed by atoms with E-state index >= 15 is 0 Å². The first kappa shape index (κ1) is 13.2. The molecular weight excluding hydrogens is 222 g/mol. The molecule has 0 amide bonds. The van der Waals surface area contributed by atoms with Crippen LogP contribution in [-0.4, -0.2) is 12.1 Å². The van der Waals surface area contributed by atoms with Gasteiger partial charge >= 0.3 is 0 Å². The highest BCUT2D eigenvalue weighted by Gasteiger charge is 2.14. The van der Waals surface area contributed by atoms with Gasteiger partial charge in [-0.25, -0.2) is 0 Å². The van der Waals surface area contributed by atoms with Gasteiger partial charge in [0.15, 0.2) is 0 Å². The summed E-state index contributed by atoms with van der Waals surface area (Å²) in [6, 6.07) is 8.47. The lowest BCUT2D eigenvalue weighted by molar-refractivity contribution is 0.241. The van der Waals surface area contributed by atoms with Crippen molar-refractivity contribution in [1.82, 2.24) is 0 Å².